The Morgan fingerprint density at radius 2 is 1.81 bits per heavy atom. The highest BCUT2D eigenvalue weighted by Crippen LogP contribution is 2.38. The Balaban J connectivity index is 1.51. The van der Waals surface area contributed by atoms with Gasteiger partial charge < -0.3 is 25.4 Å². The van der Waals surface area contributed by atoms with Crippen molar-refractivity contribution in [2.75, 3.05) is 26.2 Å². The predicted molar refractivity (Wildman–Crippen MR) is 137 cm³/mol. The lowest BCUT2D eigenvalue weighted by Gasteiger charge is -2.38. The van der Waals surface area contributed by atoms with E-state index in [-0.39, 0.29) is 24.4 Å². The van der Waals surface area contributed by atoms with Crippen LogP contribution in [0.5, 0.6) is 17.2 Å². The Kier molecular flexibility index (Phi) is 7.18. The average molecular weight is 486 g/mol. The second-order valence-corrected chi connectivity index (χ2v) is 9.17. The van der Waals surface area contributed by atoms with Gasteiger partial charge in [-0.2, -0.15) is 0 Å². The first-order chi connectivity index (χ1) is 17.6. The molecular weight excluding hydrogens is 454 g/mol. The van der Waals surface area contributed by atoms with Crippen LogP contribution >= 0.6 is 0 Å². The maximum Gasteiger partial charge on any atom is 0.237 e. The van der Waals surface area contributed by atoms with Crippen LogP contribution in [-0.4, -0.2) is 43.0 Å². The summed E-state index contributed by atoms with van der Waals surface area (Å²) in [5.41, 5.74) is 10.0. The molecular formula is C29H31N3O4. The van der Waals surface area contributed by atoms with Gasteiger partial charge in [-0.1, -0.05) is 30.3 Å². The molecule has 2 amide bonds. The molecule has 8 rings (SSSR count). The van der Waals surface area contributed by atoms with Crippen molar-refractivity contribution >= 4 is 11.8 Å². The zero-order chi connectivity index (χ0) is 24.9. The van der Waals surface area contributed by atoms with Gasteiger partial charge in [0.2, 0.25) is 11.8 Å². The maximum absolute atomic E-state index is 12.8. The van der Waals surface area contributed by atoms with E-state index in [1.165, 1.54) is 0 Å². The Labute approximate surface area is 211 Å². The molecule has 0 aliphatic carbocycles. The molecule has 3 N–H and O–H groups in total. The fourth-order valence-corrected chi connectivity index (χ4v) is 4.88. The van der Waals surface area contributed by atoms with Crippen LogP contribution in [0.1, 0.15) is 41.1 Å². The Hall–Kier alpha value is -3.84. The van der Waals surface area contributed by atoms with Crippen molar-refractivity contribution in [1.82, 2.24) is 10.2 Å². The second kappa shape index (κ2) is 10.8. The summed E-state index contributed by atoms with van der Waals surface area (Å²) in [7, 11) is 0. The molecule has 0 saturated heterocycles. The summed E-state index contributed by atoms with van der Waals surface area (Å²) in [5.74, 6) is 2.17. The number of amides is 2. The van der Waals surface area contributed by atoms with Gasteiger partial charge in [0.15, 0.2) is 0 Å². The fourth-order valence-electron chi connectivity index (χ4n) is 4.88. The number of carbonyl (C=O) groups is 2. The van der Waals surface area contributed by atoms with Crippen molar-refractivity contribution in [3.05, 3.63) is 89.0 Å². The van der Waals surface area contributed by atoms with Crippen molar-refractivity contribution in [2.24, 2.45) is 5.73 Å². The van der Waals surface area contributed by atoms with E-state index < -0.39 is 0 Å². The van der Waals surface area contributed by atoms with E-state index in [1.54, 1.807) is 0 Å². The van der Waals surface area contributed by atoms with E-state index in [2.05, 4.69) is 11.4 Å². The Morgan fingerprint density at radius 3 is 2.64 bits per heavy atom. The zero-order valence-corrected chi connectivity index (χ0v) is 20.2. The van der Waals surface area contributed by atoms with Crippen LogP contribution in [0.3, 0.4) is 0 Å². The molecule has 0 spiro atoms. The number of carbonyl (C=O) groups excluding carboxylic acids is 2. The minimum atomic E-state index is -0.255. The number of nitrogens with one attached hydrogen (secondary N) is 1. The number of benzene rings is 3. The first kappa shape index (κ1) is 23.9. The lowest BCUT2D eigenvalue weighted by Crippen LogP contribution is -2.43. The van der Waals surface area contributed by atoms with Crippen LogP contribution in [0.4, 0.5) is 0 Å². The first-order valence-corrected chi connectivity index (χ1v) is 12.5. The highest BCUT2D eigenvalue weighted by molar-refractivity contribution is 5.79. The Bertz CT molecular complexity index is 1240. The second-order valence-electron chi connectivity index (χ2n) is 9.17. The van der Waals surface area contributed by atoms with Gasteiger partial charge in [-0.15, -0.1) is 0 Å². The molecule has 5 heterocycles. The van der Waals surface area contributed by atoms with Gasteiger partial charge in [0.1, 0.15) is 17.2 Å². The lowest BCUT2D eigenvalue weighted by molar-refractivity contribution is -0.131. The molecule has 3 aromatic rings. The number of nitrogens with zero attached hydrogens (tertiary/aromatic N) is 1. The van der Waals surface area contributed by atoms with Crippen molar-refractivity contribution in [3.8, 4) is 17.2 Å². The minimum absolute atomic E-state index is 0.0292. The van der Waals surface area contributed by atoms with Crippen molar-refractivity contribution in [3.63, 3.8) is 0 Å². The molecule has 0 saturated carbocycles. The number of hydrogen-bond acceptors (Lipinski definition) is 5. The monoisotopic (exact) mass is 485 g/mol. The normalized spacial score (nSPS) is 18.0. The zero-order valence-electron chi connectivity index (χ0n) is 20.2. The number of aryl methyl sites for hydroxylation is 1. The van der Waals surface area contributed by atoms with E-state index >= 15 is 0 Å². The summed E-state index contributed by atoms with van der Waals surface area (Å²) in [6.45, 7) is 1.59. The third-order valence-corrected chi connectivity index (χ3v) is 6.72. The third kappa shape index (κ3) is 5.36. The third-order valence-electron chi connectivity index (χ3n) is 6.72. The number of ether oxygens (including phenoxy) is 2. The van der Waals surface area contributed by atoms with Gasteiger partial charge >= 0.3 is 0 Å². The summed E-state index contributed by atoms with van der Waals surface area (Å²) < 4.78 is 12.1. The predicted octanol–water partition coefficient (Wildman–Crippen LogP) is 3.74. The van der Waals surface area contributed by atoms with Gasteiger partial charge in [-0.3, -0.25) is 9.59 Å². The largest absolute Gasteiger partial charge is 0.494 e. The first-order valence-electron chi connectivity index (χ1n) is 12.5. The van der Waals surface area contributed by atoms with Gasteiger partial charge in [-0.05, 0) is 77.9 Å². The molecule has 0 radical (unpaired) electrons. The average Bonchev–Trinajstić information content (AvgIpc) is 2.91. The smallest absolute Gasteiger partial charge is 0.237 e. The summed E-state index contributed by atoms with van der Waals surface area (Å²) >= 11 is 0. The molecule has 5 aliphatic heterocycles. The molecule has 186 valence electrons. The number of hydrogen-bond donors (Lipinski definition) is 2. The van der Waals surface area contributed by atoms with Gasteiger partial charge in [0.25, 0.3) is 0 Å². The number of rotatable bonds is 1. The highest BCUT2D eigenvalue weighted by Gasteiger charge is 2.32. The van der Waals surface area contributed by atoms with E-state index in [0.29, 0.717) is 39.0 Å². The van der Waals surface area contributed by atoms with Crippen LogP contribution in [0.2, 0.25) is 0 Å². The number of nitrogens with two attached hydrogens (primary N) is 1. The molecule has 8 bridgehead atoms. The highest BCUT2D eigenvalue weighted by atomic mass is 16.5. The topological polar surface area (TPSA) is 93.9 Å². The lowest BCUT2D eigenvalue weighted by atomic mass is 9.87. The molecule has 1 atom stereocenters. The van der Waals surface area contributed by atoms with E-state index in [9.17, 15) is 9.59 Å². The van der Waals surface area contributed by atoms with Crippen LogP contribution in [0, 0.1) is 0 Å². The van der Waals surface area contributed by atoms with Crippen LogP contribution < -0.4 is 20.5 Å². The molecule has 0 fully saturated rings. The molecule has 7 nitrogen and oxygen atoms in total. The van der Waals surface area contributed by atoms with Gasteiger partial charge in [0, 0.05) is 19.5 Å². The Morgan fingerprint density at radius 1 is 0.972 bits per heavy atom. The van der Waals surface area contributed by atoms with E-state index in [0.717, 1.165) is 45.9 Å². The van der Waals surface area contributed by atoms with Crippen molar-refractivity contribution in [2.45, 2.75) is 31.7 Å². The maximum atomic E-state index is 12.8. The molecule has 7 heteroatoms. The van der Waals surface area contributed by atoms with Crippen LogP contribution in [-0.2, 0) is 22.4 Å². The fraction of sp³-hybridized carbons (Fsp3) is 0.310. The van der Waals surface area contributed by atoms with Crippen molar-refractivity contribution < 1.29 is 19.1 Å². The molecule has 3 aromatic carbocycles. The molecule has 5 aliphatic rings. The SMILES string of the molecule is NCC(=O)N1CCc2cc3ccc2C1c1cccc(c1)OCCCNC(=O)CCc1ccc(cc1)O3. The van der Waals surface area contributed by atoms with Gasteiger partial charge in [0.05, 0.1) is 19.2 Å². The van der Waals surface area contributed by atoms with Crippen LogP contribution in [0.25, 0.3) is 0 Å². The summed E-state index contributed by atoms with van der Waals surface area (Å²) in [6, 6.07) is 21.5. The summed E-state index contributed by atoms with van der Waals surface area (Å²) in [6.07, 6.45) is 2.54. The molecule has 0 aromatic heterocycles. The summed E-state index contributed by atoms with van der Waals surface area (Å²) in [5, 5.41) is 2.96. The standard InChI is InChI=1S/C29H31N3O4/c30-19-28(34)32-15-13-21-17-25-10-11-26(21)29(32)22-3-1-4-24(18-22)35-16-2-14-31-27(33)12-7-20-5-8-23(36-25)9-6-20/h1,3-6,8-11,17-18,29H,2,7,12-16,19,30H2,(H,31,33). The molecule has 36 heavy (non-hydrogen) atoms. The van der Waals surface area contributed by atoms with E-state index in [1.807, 2.05) is 65.6 Å². The minimum Gasteiger partial charge on any atom is -0.494 e. The molecule has 1 unspecified atom stereocenters. The van der Waals surface area contributed by atoms with Crippen molar-refractivity contribution in [1.29, 1.82) is 0 Å². The van der Waals surface area contributed by atoms with Crippen LogP contribution in [0.15, 0.2) is 66.7 Å². The summed E-state index contributed by atoms with van der Waals surface area (Å²) in [4.78, 5) is 26.9. The van der Waals surface area contributed by atoms with Gasteiger partial charge in [-0.25, -0.2) is 0 Å². The van der Waals surface area contributed by atoms with E-state index in [4.69, 9.17) is 15.2 Å². The quantitative estimate of drug-likeness (QED) is 0.548.